The predicted molar refractivity (Wildman–Crippen MR) is 442 cm³/mol. The Morgan fingerprint density at radius 1 is 0.742 bits per heavy atom. The van der Waals surface area contributed by atoms with Crippen molar-refractivity contribution in [1.29, 1.82) is 0 Å². The molecule has 664 valence electrons. The highest BCUT2D eigenvalue weighted by molar-refractivity contribution is 7.51. The Kier molecular flexibility index (Phi) is 39.4. The number of anilines is 1. The summed E-state index contributed by atoms with van der Waals surface area (Å²) in [6.45, 7) is 12.8. The van der Waals surface area contributed by atoms with Gasteiger partial charge >= 0.3 is 19.7 Å². The lowest BCUT2D eigenvalue weighted by atomic mass is 9.89. The van der Waals surface area contributed by atoms with Gasteiger partial charge in [0.1, 0.15) is 35.8 Å². The number of fused-ring (bicyclic) bond motifs is 2. The van der Waals surface area contributed by atoms with Crippen molar-refractivity contribution < 1.29 is 105 Å². The van der Waals surface area contributed by atoms with Gasteiger partial charge in [0.25, 0.3) is 11.8 Å². The number of nitrogens with two attached hydrogens (primary N) is 1. The number of primary amides is 1. The molecule has 1 aliphatic carbocycles. The fraction of sp³-hybridized carbons (Fsp3) is 0.634. The summed E-state index contributed by atoms with van der Waals surface area (Å²) < 4.78 is 46.2. The molecule has 3 aromatic rings. The van der Waals surface area contributed by atoms with Gasteiger partial charge in [0, 0.05) is 103 Å². The SMILES string of the molecule is CC[C@H](C)[C@@H]([C@@H](CC(=O)N1CCC[C@H]1[C@H](OC)[C@@H](C)C(=O)N[C@@H](Cc1ccccc1)c1nccs1)OC)N(C)C(=O)[C@@H](NC(=O)[C@@H]1[C@H]2CC[C@H](C2)N1C(=O)OCc1ccc(NC(=O)[C@H](CCCNC(N)=O)NC(=O)[C@@H](NC(=O)CCOCCN2C(=O)C=CC2=O)C(C)C)cc1CN(C)C(=O)CCOCCOCCNC(=O)CCP(=O)(O)O)C(C)C. The summed E-state index contributed by atoms with van der Waals surface area (Å²) in [5.41, 5.74) is 7.33. The quantitative estimate of drug-likeness (QED) is 0.0215. The highest BCUT2D eigenvalue weighted by Crippen LogP contribution is 2.43. The van der Waals surface area contributed by atoms with E-state index < -0.39 is 158 Å². The maximum Gasteiger partial charge on any atom is 0.411 e. The molecule has 7 rings (SSSR count). The minimum Gasteiger partial charge on any atom is -0.445 e. The number of likely N-dealkylation sites (N-methyl/N-ethyl adjacent to an activating group) is 1. The molecule has 0 radical (unpaired) electrons. The number of piperidine rings is 1. The summed E-state index contributed by atoms with van der Waals surface area (Å²) in [6, 6.07) is 7.20. The van der Waals surface area contributed by atoms with Crippen LogP contribution in [0.25, 0.3) is 0 Å². The number of carbonyl (C=O) groups is 13. The van der Waals surface area contributed by atoms with Crippen LogP contribution in [0, 0.1) is 29.6 Å². The minimum atomic E-state index is -4.34. The van der Waals surface area contributed by atoms with Crippen LogP contribution in [0.4, 0.5) is 15.3 Å². The molecule has 2 saturated heterocycles. The maximum atomic E-state index is 15.2. The molecule has 0 spiro atoms. The van der Waals surface area contributed by atoms with Crippen molar-refractivity contribution in [2.45, 2.75) is 206 Å². The average Bonchev–Trinajstić information content (AvgIpc) is 1.60. The Balaban J connectivity index is 1.03. The van der Waals surface area contributed by atoms with Crippen LogP contribution in [0.5, 0.6) is 0 Å². The Labute approximate surface area is 705 Å². The highest BCUT2D eigenvalue weighted by atomic mass is 32.1. The Bertz CT molecular complexity index is 4010. The molecule has 0 unspecified atom stereocenters. The molecule has 4 heterocycles. The number of likely N-dealkylation sites (tertiary alicyclic amines) is 2. The molecular weight excluding hydrogens is 1600 g/mol. The van der Waals surface area contributed by atoms with Gasteiger partial charge in [-0.25, -0.2) is 14.6 Å². The molecule has 11 N–H and O–H groups in total. The van der Waals surface area contributed by atoms with E-state index in [2.05, 4.69) is 42.2 Å². The topological polar surface area (TPSA) is 474 Å². The van der Waals surface area contributed by atoms with Gasteiger partial charge in [0.15, 0.2) is 0 Å². The second-order valence-electron chi connectivity index (χ2n) is 31.6. The van der Waals surface area contributed by atoms with Gasteiger partial charge in [0.2, 0.25) is 53.2 Å². The fourth-order valence-corrected chi connectivity index (χ4v) is 16.8. The van der Waals surface area contributed by atoms with E-state index in [4.69, 9.17) is 43.9 Å². The smallest absolute Gasteiger partial charge is 0.411 e. The molecular formula is C82H123N14O22PS. The highest BCUT2D eigenvalue weighted by Gasteiger charge is 2.53. The van der Waals surface area contributed by atoms with Gasteiger partial charge in [-0.3, -0.25) is 67.1 Å². The predicted octanol–water partition coefficient (Wildman–Crippen LogP) is 4.20. The fourth-order valence-electron chi connectivity index (χ4n) is 15.6. The molecule has 3 fully saturated rings. The Morgan fingerprint density at radius 3 is 2.08 bits per heavy atom. The number of methoxy groups -OCH3 is 2. The summed E-state index contributed by atoms with van der Waals surface area (Å²) in [7, 11) is 1.88. The van der Waals surface area contributed by atoms with E-state index in [0.717, 1.165) is 27.6 Å². The zero-order valence-electron chi connectivity index (χ0n) is 70.6. The van der Waals surface area contributed by atoms with Crippen LogP contribution in [0.15, 0.2) is 72.3 Å². The molecule has 2 aromatic carbocycles. The zero-order valence-corrected chi connectivity index (χ0v) is 72.4. The van der Waals surface area contributed by atoms with Crippen molar-refractivity contribution in [1.82, 2.24) is 61.4 Å². The van der Waals surface area contributed by atoms with Crippen LogP contribution in [-0.4, -0.2) is 271 Å². The maximum absolute atomic E-state index is 15.2. The van der Waals surface area contributed by atoms with E-state index in [1.807, 2.05) is 49.6 Å². The Hall–Kier alpha value is -9.33. The van der Waals surface area contributed by atoms with Crippen LogP contribution in [-0.2, 0) is 105 Å². The second kappa shape index (κ2) is 48.3. The summed E-state index contributed by atoms with van der Waals surface area (Å²) in [5.74, 6) is -7.51. The number of urea groups is 1. The minimum absolute atomic E-state index is 0.0261. The summed E-state index contributed by atoms with van der Waals surface area (Å²) in [4.78, 5) is 207. The molecule has 14 amide bonds. The lowest BCUT2D eigenvalue weighted by molar-refractivity contribution is -0.148. The number of nitrogens with one attached hydrogen (secondary N) is 7. The normalized spacial score (nSPS) is 18.6. The van der Waals surface area contributed by atoms with E-state index in [-0.39, 0.29) is 140 Å². The number of amides is 14. The first-order chi connectivity index (χ1) is 57.1. The van der Waals surface area contributed by atoms with Crippen molar-refractivity contribution in [3.63, 3.8) is 0 Å². The number of nitrogens with zero attached hydrogens (tertiary/aromatic N) is 6. The van der Waals surface area contributed by atoms with E-state index in [1.165, 1.54) is 41.4 Å². The number of hydrogen-bond acceptors (Lipinski definition) is 22. The van der Waals surface area contributed by atoms with Crippen LogP contribution in [0.3, 0.4) is 0 Å². The van der Waals surface area contributed by atoms with E-state index >= 15 is 9.59 Å². The van der Waals surface area contributed by atoms with Gasteiger partial charge in [-0.15, -0.1) is 11.3 Å². The number of carbonyl (C=O) groups excluding carboxylic acids is 13. The van der Waals surface area contributed by atoms with Gasteiger partial charge in [-0.2, -0.15) is 0 Å². The molecule has 36 nitrogen and oxygen atoms in total. The third-order valence-electron chi connectivity index (χ3n) is 22.3. The zero-order chi connectivity index (χ0) is 87.9. The van der Waals surface area contributed by atoms with Gasteiger partial charge in [-0.05, 0) is 104 Å². The van der Waals surface area contributed by atoms with Crippen molar-refractivity contribution in [3.8, 4) is 0 Å². The number of thiazole rings is 1. The van der Waals surface area contributed by atoms with Crippen LogP contribution >= 0.6 is 18.9 Å². The van der Waals surface area contributed by atoms with Crippen molar-refractivity contribution >= 4 is 102 Å². The lowest BCUT2D eigenvalue weighted by Crippen LogP contribution is -2.60. The van der Waals surface area contributed by atoms with Crippen LogP contribution in [0.2, 0.25) is 0 Å². The molecule has 1 aromatic heterocycles. The summed E-state index contributed by atoms with van der Waals surface area (Å²) in [6.07, 6.45) is 4.51. The standard InChI is InChI=1S/C82H123N14O22PS/c1-12-52(6)72(63(113-10)47-69(102)94-34-17-21-62(94)74(114-11)53(7)75(103)89-61(79-85-33-43-120-79)44-54-18-14-13-15-19-54)93(9)80(107)71(51(4)5)91-78(106)73-55-23-25-59(46-55)96(73)82(109)118-49-56-22-24-58(45-57(56)48-92(8)66(99)29-37-116-40-41-117-38-32-84-64(97)30-42-119(110,111)112)87-76(104)60(20-16-31-86-81(83)108)88-77(105)70(50(2)3)90-65(98)28-36-115-39-35-95-67(100)26-27-68(95)101/h13-15,18-19,22,24,26-27,33,43,45,50-53,55,59-63,70-74H,12,16-17,20-21,23,25,28-32,34-42,44,46-49H2,1-11H3,(H,84,97)(H,87,104)(H,88,105)(H,89,103)(H,90,98)(H,91,106)(H3,83,86,108)(H2,110,111,112)/t52-,53+,55-,59+,60-,61-,62-,63+,70-,71-,72-,73-,74+/m0/s1. The van der Waals surface area contributed by atoms with Gasteiger partial charge in [-0.1, -0.05) is 91.3 Å². The van der Waals surface area contributed by atoms with E-state index in [1.54, 1.807) is 76.9 Å². The second-order valence-corrected chi connectivity index (χ2v) is 34.3. The van der Waals surface area contributed by atoms with Crippen LogP contribution < -0.4 is 43.0 Å². The van der Waals surface area contributed by atoms with Crippen molar-refractivity contribution in [3.05, 3.63) is 94.0 Å². The van der Waals surface area contributed by atoms with Crippen molar-refractivity contribution in [2.24, 2.45) is 35.3 Å². The largest absolute Gasteiger partial charge is 0.445 e. The van der Waals surface area contributed by atoms with Gasteiger partial charge < -0.3 is 95.9 Å². The number of imide groups is 1. The summed E-state index contributed by atoms with van der Waals surface area (Å²) in [5, 5.41) is 22.2. The number of hydrogen-bond donors (Lipinski definition) is 10. The third-order valence-corrected chi connectivity index (χ3v) is 24.0. The molecule has 38 heteroatoms. The number of ether oxygens (including phenoxy) is 6. The first-order valence-electron chi connectivity index (χ1n) is 41.1. The third kappa shape index (κ3) is 29.5. The van der Waals surface area contributed by atoms with Crippen molar-refractivity contribution in [2.75, 3.05) is 106 Å². The molecule has 2 bridgehead atoms. The Morgan fingerprint density at radius 2 is 1.43 bits per heavy atom. The molecule has 4 aliphatic rings. The summed E-state index contributed by atoms with van der Waals surface area (Å²) >= 11 is 1.45. The number of aromatic nitrogens is 1. The monoisotopic (exact) mass is 1720 g/mol. The first kappa shape index (κ1) is 97.8. The average molecular weight is 1720 g/mol. The molecule has 13 atom stereocenters. The lowest BCUT2D eigenvalue weighted by Gasteiger charge is -2.41. The molecule has 1 saturated carbocycles. The van der Waals surface area contributed by atoms with E-state index in [0.29, 0.717) is 62.6 Å². The number of benzene rings is 2. The number of rotatable bonds is 51. The van der Waals surface area contributed by atoms with E-state index in [9.17, 15) is 57.3 Å². The first-order valence-corrected chi connectivity index (χ1v) is 43.8. The van der Waals surface area contributed by atoms with Gasteiger partial charge in [0.05, 0.1) is 101 Å². The van der Waals surface area contributed by atoms with Crippen LogP contribution in [0.1, 0.15) is 153 Å². The molecule has 120 heavy (non-hydrogen) atoms. The molecule has 3 aliphatic heterocycles.